The first-order chi connectivity index (χ1) is 11.1. The van der Waals surface area contributed by atoms with Crippen LogP contribution >= 0.6 is 34.5 Å². The fraction of sp³-hybridized carbons (Fsp3) is 0.235. The number of benzene rings is 1. The molecule has 0 aliphatic carbocycles. The van der Waals surface area contributed by atoms with Crippen LogP contribution in [0.25, 0.3) is 0 Å². The molecule has 2 rings (SSSR count). The van der Waals surface area contributed by atoms with Crippen LogP contribution in [0.2, 0.25) is 9.36 Å². The normalized spacial score (nSPS) is 11.9. The van der Waals surface area contributed by atoms with Gasteiger partial charge in [-0.25, -0.2) is 0 Å². The van der Waals surface area contributed by atoms with Crippen LogP contribution < -0.4 is 10.2 Å². The highest BCUT2D eigenvalue weighted by Crippen LogP contribution is 2.20. The van der Waals surface area contributed by atoms with Gasteiger partial charge in [0.1, 0.15) is 6.54 Å². The van der Waals surface area contributed by atoms with E-state index in [2.05, 4.69) is 11.9 Å². The molecule has 23 heavy (non-hydrogen) atoms. The Bertz CT molecular complexity index is 672. The van der Waals surface area contributed by atoms with Gasteiger partial charge >= 0.3 is 0 Å². The highest BCUT2D eigenvalue weighted by Gasteiger charge is 2.15. The number of carbonyl (C=O) groups excluding carboxylic acids is 1. The Labute approximate surface area is 150 Å². The number of thiophene rings is 1. The minimum atomic E-state index is -0.00979. The van der Waals surface area contributed by atoms with Crippen molar-refractivity contribution in [1.29, 1.82) is 0 Å². The van der Waals surface area contributed by atoms with Crippen LogP contribution in [-0.4, -0.2) is 19.0 Å². The SMILES string of the molecule is C=CC[NH+](CC(=O)NCc1ccccc1Cl)Cc1ccc(Cl)s1. The molecule has 1 heterocycles. The Kier molecular flexibility index (Phi) is 7.12. The van der Waals surface area contributed by atoms with E-state index in [9.17, 15) is 4.79 Å². The number of quaternary nitrogens is 1. The number of amides is 1. The van der Waals surface area contributed by atoms with Crippen LogP contribution in [0.1, 0.15) is 10.4 Å². The van der Waals surface area contributed by atoms with Gasteiger partial charge in [-0.15, -0.1) is 11.3 Å². The summed E-state index contributed by atoms with van der Waals surface area (Å²) in [6.07, 6.45) is 1.83. The lowest BCUT2D eigenvalue weighted by Crippen LogP contribution is -3.11. The molecule has 2 N–H and O–H groups in total. The molecule has 1 aromatic heterocycles. The van der Waals surface area contributed by atoms with E-state index in [1.165, 1.54) is 0 Å². The van der Waals surface area contributed by atoms with E-state index in [1.54, 1.807) is 11.3 Å². The van der Waals surface area contributed by atoms with Crippen LogP contribution in [0, 0.1) is 0 Å². The molecule has 0 fully saturated rings. The molecule has 6 heteroatoms. The Morgan fingerprint density at radius 1 is 1.26 bits per heavy atom. The highest BCUT2D eigenvalue weighted by molar-refractivity contribution is 7.16. The number of halogens is 2. The second-order valence-electron chi connectivity index (χ2n) is 5.17. The molecule has 0 spiro atoms. The number of hydrogen-bond acceptors (Lipinski definition) is 2. The van der Waals surface area contributed by atoms with Crippen LogP contribution in [0.15, 0.2) is 49.1 Å². The van der Waals surface area contributed by atoms with Crippen LogP contribution in [-0.2, 0) is 17.9 Å². The van der Waals surface area contributed by atoms with Gasteiger partial charge in [0.15, 0.2) is 6.54 Å². The molecular weight excluding hydrogens is 351 g/mol. The van der Waals surface area contributed by atoms with Gasteiger partial charge in [0.05, 0.1) is 15.8 Å². The van der Waals surface area contributed by atoms with E-state index in [4.69, 9.17) is 23.2 Å². The Morgan fingerprint density at radius 3 is 2.70 bits per heavy atom. The predicted molar refractivity (Wildman–Crippen MR) is 97.2 cm³/mol. The zero-order valence-corrected chi connectivity index (χ0v) is 15.0. The van der Waals surface area contributed by atoms with Gasteiger partial charge in [0, 0.05) is 11.6 Å². The number of hydrogen-bond donors (Lipinski definition) is 2. The predicted octanol–water partition coefficient (Wildman–Crippen LogP) is 2.94. The standard InChI is InChI=1S/C17H18Cl2N2OS/c1-2-9-21(11-14-7-8-16(19)23-14)12-17(22)20-10-13-5-3-4-6-15(13)18/h2-8H,1,9-12H2,(H,20,22)/p+1. The maximum atomic E-state index is 12.2. The molecule has 0 aliphatic heterocycles. The minimum absolute atomic E-state index is 0.00979. The van der Waals surface area contributed by atoms with Gasteiger partial charge in [-0.05, 0) is 29.8 Å². The van der Waals surface area contributed by atoms with Crippen molar-refractivity contribution in [3.8, 4) is 0 Å². The summed E-state index contributed by atoms with van der Waals surface area (Å²) < 4.78 is 0.765. The Hall–Kier alpha value is -1.33. The molecule has 0 bridgehead atoms. The van der Waals surface area contributed by atoms with Crippen molar-refractivity contribution in [3.63, 3.8) is 0 Å². The quantitative estimate of drug-likeness (QED) is 0.689. The van der Waals surface area contributed by atoms with Gasteiger partial charge in [0.2, 0.25) is 0 Å². The second kappa shape index (κ2) is 9.08. The van der Waals surface area contributed by atoms with Crippen molar-refractivity contribution in [2.75, 3.05) is 13.1 Å². The van der Waals surface area contributed by atoms with E-state index >= 15 is 0 Å². The number of nitrogens with one attached hydrogen (secondary N) is 2. The summed E-state index contributed by atoms with van der Waals surface area (Å²) in [6.45, 7) is 6.05. The summed E-state index contributed by atoms with van der Waals surface area (Å²) >= 11 is 13.6. The van der Waals surface area contributed by atoms with E-state index in [1.807, 2.05) is 42.5 Å². The third-order valence-electron chi connectivity index (χ3n) is 3.33. The van der Waals surface area contributed by atoms with Crippen LogP contribution in [0.3, 0.4) is 0 Å². The summed E-state index contributed by atoms with van der Waals surface area (Å²) in [5.41, 5.74) is 0.915. The first kappa shape index (κ1) is 18.0. The molecule has 1 amide bonds. The van der Waals surface area contributed by atoms with Gasteiger partial charge in [-0.3, -0.25) is 4.79 Å². The molecule has 0 aliphatic rings. The molecule has 0 saturated carbocycles. The molecule has 122 valence electrons. The van der Waals surface area contributed by atoms with E-state index in [0.29, 0.717) is 18.1 Å². The van der Waals surface area contributed by atoms with Crippen LogP contribution in [0.5, 0.6) is 0 Å². The summed E-state index contributed by atoms with van der Waals surface area (Å²) in [7, 11) is 0. The summed E-state index contributed by atoms with van der Waals surface area (Å²) in [5, 5.41) is 3.58. The zero-order chi connectivity index (χ0) is 16.7. The summed E-state index contributed by atoms with van der Waals surface area (Å²) in [4.78, 5) is 14.5. The molecule has 1 aromatic carbocycles. The monoisotopic (exact) mass is 369 g/mol. The lowest BCUT2D eigenvalue weighted by Gasteiger charge is -2.17. The second-order valence-corrected chi connectivity index (χ2v) is 7.38. The van der Waals surface area contributed by atoms with Crippen LogP contribution in [0.4, 0.5) is 0 Å². The molecule has 1 unspecified atom stereocenters. The third-order valence-corrected chi connectivity index (χ3v) is 4.93. The van der Waals surface area contributed by atoms with Gasteiger partial charge in [0.25, 0.3) is 5.91 Å². The largest absolute Gasteiger partial charge is 0.347 e. The average molecular weight is 370 g/mol. The molecule has 1 atom stereocenters. The average Bonchev–Trinajstić information content (AvgIpc) is 2.92. The molecular formula is C17H19Cl2N2OS+. The molecule has 0 saturated heterocycles. The molecule has 2 aromatic rings. The topological polar surface area (TPSA) is 33.5 Å². The minimum Gasteiger partial charge on any atom is -0.347 e. The maximum absolute atomic E-state index is 12.2. The van der Waals surface area contributed by atoms with Gasteiger partial charge < -0.3 is 10.2 Å². The summed E-state index contributed by atoms with van der Waals surface area (Å²) in [6, 6.07) is 11.4. The van der Waals surface area contributed by atoms with Crippen molar-refractivity contribution < 1.29 is 9.69 Å². The maximum Gasteiger partial charge on any atom is 0.275 e. The fourth-order valence-electron chi connectivity index (χ4n) is 2.23. The highest BCUT2D eigenvalue weighted by atomic mass is 35.5. The molecule has 3 nitrogen and oxygen atoms in total. The van der Waals surface area contributed by atoms with Gasteiger partial charge in [-0.1, -0.05) is 48.0 Å². The lowest BCUT2D eigenvalue weighted by molar-refractivity contribution is -0.899. The Balaban J connectivity index is 1.87. The van der Waals surface area contributed by atoms with E-state index in [0.717, 1.165) is 32.8 Å². The summed E-state index contributed by atoms with van der Waals surface area (Å²) in [5.74, 6) is -0.00979. The molecule has 0 radical (unpaired) electrons. The van der Waals surface area contributed by atoms with Crippen molar-refractivity contribution in [1.82, 2.24) is 5.32 Å². The zero-order valence-electron chi connectivity index (χ0n) is 12.6. The first-order valence-electron chi connectivity index (χ1n) is 7.27. The number of carbonyl (C=O) groups is 1. The smallest absolute Gasteiger partial charge is 0.275 e. The first-order valence-corrected chi connectivity index (χ1v) is 8.84. The van der Waals surface area contributed by atoms with Crippen molar-refractivity contribution >= 4 is 40.4 Å². The van der Waals surface area contributed by atoms with E-state index in [-0.39, 0.29) is 5.91 Å². The number of rotatable bonds is 8. The third kappa shape index (κ3) is 5.99. The fourth-order valence-corrected chi connectivity index (χ4v) is 3.59. The Morgan fingerprint density at radius 2 is 2.04 bits per heavy atom. The lowest BCUT2D eigenvalue weighted by atomic mass is 10.2. The van der Waals surface area contributed by atoms with Crippen molar-refractivity contribution in [2.24, 2.45) is 0 Å². The van der Waals surface area contributed by atoms with E-state index < -0.39 is 0 Å². The van der Waals surface area contributed by atoms with Gasteiger partial charge in [-0.2, -0.15) is 0 Å². The van der Waals surface area contributed by atoms with Crippen molar-refractivity contribution in [2.45, 2.75) is 13.1 Å². The van der Waals surface area contributed by atoms with Crippen molar-refractivity contribution in [3.05, 3.63) is 68.9 Å².